The summed E-state index contributed by atoms with van der Waals surface area (Å²) in [6.45, 7) is 7.90. The number of rotatable bonds is 7. The first-order valence-corrected chi connectivity index (χ1v) is 15.2. The van der Waals surface area contributed by atoms with Crippen molar-refractivity contribution in [3.8, 4) is 10.4 Å². The number of anilines is 1. The van der Waals surface area contributed by atoms with Gasteiger partial charge in [-0.05, 0) is 74.0 Å². The van der Waals surface area contributed by atoms with E-state index in [0.717, 1.165) is 28.9 Å². The van der Waals surface area contributed by atoms with E-state index in [1.807, 2.05) is 13.8 Å². The van der Waals surface area contributed by atoms with Crippen LogP contribution in [0.2, 0.25) is 0 Å². The fraction of sp³-hybridized carbons (Fsp3) is 0.308. The molecule has 2 aromatic carbocycles. The molecule has 1 aliphatic heterocycles. The summed E-state index contributed by atoms with van der Waals surface area (Å²) in [7, 11) is -3.99. The van der Waals surface area contributed by atoms with E-state index in [1.165, 1.54) is 0 Å². The zero-order valence-corrected chi connectivity index (χ0v) is 24.2. The zero-order valence-electron chi connectivity index (χ0n) is 21.7. The van der Waals surface area contributed by atoms with Crippen LogP contribution in [-0.2, 0) is 10.0 Å². The minimum Gasteiger partial charge on any atom is -0.294 e. The predicted molar refractivity (Wildman–Crippen MR) is 151 cm³/mol. The van der Waals surface area contributed by atoms with Crippen molar-refractivity contribution < 1.29 is 26.4 Å². The Kier molecular flexibility index (Phi) is 8.45. The molecule has 39 heavy (non-hydrogen) atoms. The number of carbonyl (C=O) groups is 1. The molecule has 4 rings (SSSR count). The number of nitrogens with zero attached hydrogens (tertiary/aromatic N) is 3. The van der Waals surface area contributed by atoms with Gasteiger partial charge in [0.05, 0.1) is 15.3 Å². The number of amides is 2. The summed E-state index contributed by atoms with van der Waals surface area (Å²) in [5.74, 6) is -3.40. The SMILES string of the molecule is CC/C(C)=C(/SC(=C(C)C)S(N)(=O)=O)N1CCCN(c2ccc(-c3snc4c(F)cc(F)c(F)c34)cc2)C1=O. The molecular formula is C26H27F3N4O3S3. The van der Waals surface area contributed by atoms with E-state index >= 15 is 0 Å². The van der Waals surface area contributed by atoms with Crippen molar-refractivity contribution in [2.45, 2.75) is 40.5 Å². The van der Waals surface area contributed by atoms with Crippen LogP contribution in [0.15, 0.2) is 50.7 Å². The second-order valence-corrected chi connectivity index (χ2v) is 12.8. The number of allylic oxidation sites excluding steroid dienone is 2. The number of primary sulfonamides is 1. The van der Waals surface area contributed by atoms with Crippen molar-refractivity contribution in [3.05, 3.63) is 68.2 Å². The van der Waals surface area contributed by atoms with Gasteiger partial charge in [0.2, 0.25) is 10.0 Å². The number of fused-ring (bicyclic) bond motifs is 1. The fourth-order valence-corrected chi connectivity index (χ4v) is 7.35. The molecule has 208 valence electrons. The summed E-state index contributed by atoms with van der Waals surface area (Å²) >= 11 is 1.83. The van der Waals surface area contributed by atoms with E-state index < -0.39 is 27.5 Å². The Morgan fingerprint density at radius 2 is 1.77 bits per heavy atom. The van der Waals surface area contributed by atoms with Crippen molar-refractivity contribution in [2.75, 3.05) is 18.0 Å². The Labute approximate surface area is 233 Å². The Morgan fingerprint density at radius 1 is 1.10 bits per heavy atom. The lowest BCUT2D eigenvalue weighted by molar-refractivity contribution is 0.212. The normalized spacial score (nSPS) is 15.1. The van der Waals surface area contributed by atoms with Crippen molar-refractivity contribution in [3.63, 3.8) is 0 Å². The number of sulfonamides is 1. The van der Waals surface area contributed by atoms with Crippen LogP contribution in [0.3, 0.4) is 0 Å². The molecule has 1 aliphatic rings. The average Bonchev–Trinajstić information content (AvgIpc) is 3.33. The fourth-order valence-electron chi connectivity index (χ4n) is 4.22. The maximum Gasteiger partial charge on any atom is 0.329 e. The van der Waals surface area contributed by atoms with Gasteiger partial charge in [-0.2, -0.15) is 4.37 Å². The number of benzene rings is 2. The molecule has 0 atom stereocenters. The van der Waals surface area contributed by atoms with Crippen LogP contribution in [0.1, 0.15) is 40.5 Å². The van der Waals surface area contributed by atoms with Crippen molar-refractivity contribution >= 4 is 55.9 Å². The first-order valence-electron chi connectivity index (χ1n) is 12.0. The number of urea groups is 1. The molecule has 0 unspecified atom stereocenters. The first-order chi connectivity index (χ1) is 18.3. The van der Waals surface area contributed by atoms with Crippen molar-refractivity contribution in [2.24, 2.45) is 5.14 Å². The maximum atomic E-state index is 14.5. The van der Waals surface area contributed by atoms with Crippen molar-refractivity contribution in [1.82, 2.24) is 9.27 Å². The summed E-state index contributed by atoms with van der Waals surface area (Å²) in [6.07, 6.45) is 1.22. The molecule has 1 saturated heterocycles. The van der Waals surface area contributed by atoms with Crippen LogP contribution >= 0.6 is 23.3 Å². The summed E-state index contributed by atoms with van der Waals surface area (Å²) in [6, 6.07) is 6.77. The van der Waals surface area contributed by atoms with Gasteiger partial charge >= 0.3 is 6.03 Å². The van der Waals surface area contributed by atoms with Crippen LogP contribution in [0, 0.1) is 17.5 Å². The zero-order chi connectivity index (χ0) is 28.6. The predicted octanol–water partition coefficient (Wildman–Crippen LogP) is 6.93. The third-order valence-electron chi connectivity index (χ3n) is 6.26. The molecular weight excluding hydrogens is 570 g/mol. The molecule has 13 heteroatoms. The maximum absolute atomic E-state index is 14.5. The number of carbonyl (C=O) groups excluding carboxylic acids is 1. The van der Waals surface area contributed by atoms with E-state index in [0.29, 0.717) is 53.9 Å². The van der Waals surface area contributed by atoms with Crippen LogP contribution in [0.5, 0.6) is 0 Å². The summed E-state index contributed by atoms with van der Waals surface area (Å²) in [4.78, 5) is 17.1. The molecule has 0 saturated carbocycles. The van der Waals surface area contributed by atoms with E-state index in [9.17, 15) is 26.4 Å². The summed E-state index contributed by atoms with van der Waals surface area (Å²) < 4.78 is 70.9. The highest BCUT2D eigenvalue weighted by Gasteiger charge is 2.32. The molecule has 0 radical (unpaired) electrons. The van der Waals surface area contributed by atoms with E-state index in [4.69, 9.17) is 5.14 Å². The third kappa shape index (κ3) is 5.72. The Hall–Kier alpha value is -2.87. The lowest BCUT2D eigenvalue weighted by Gasteiger charge is -2.37. The van der Waals surface area contributed by atoms with Gasteiger partial charge in [0, 0.05) is 24.8 Å². The Morgan fingerprint density at radius 3 is 2.36 bits per heavy atom. The van der Waals surface area contributed by atoms with Gasteiger partial charge in [0.15, 0.2) is 17.5 Å². The van der Waals surface area contributed by atoms with Crippen LogP contribution in [0.25, 0.3) is 21.3 Å². The topological polar surface area (TPSA) is 96.6 Å². The average molecular weight is 597 g/mol. The van der Waals surface area contributed by atoms with Gasteiger partial charge in [0.1, 0.15) is 9.75 Å². The third-order valence-corrected chi connectivity index (χ3v) is 10.4. The highest BCUT2D eigenvalue weighted by molar-refractivity contribution is 8.20. The number of halogens is 3. The molecule has 2 heterocycles. The van der Waals surface area contributed by atoms with E-state index in [2.05, 4.69) is 4.37 Å². The second-order valence-electron chi connectivity index (χ2n) is 9.25. The van der Waals surface area contributed by atoms with Gasteiger partial charge in [-0.1, -0.05) is 30.8 Å². The Bertz CT molecular complexity index is 1610. The number of nitrogens with two attached hydrogens (primary N) is 1. The van der Waals surface area contributed by atoms with E-state index in [-0.39, 0.29) is 26.0 Å². The molecule has 3 aromatic rings. The van der Waals surface area contributed by atoms with Gasteiger partial charge in [-0.25, -0.2) is 31.5 Å². The van der Waals surface area contributed by atoms with Gasteiger partial charge in [-0.15, -0.1) is 0 Å². The van der Waals surface area contributed by atoms with Gasteiger partial charge in [-0.3, -0.25) is 9.80 Å². The molecule has 1 aromatic heterocycles. The van der Waals surface area contributed by atoms with Crippen LogP contribution in [-0.4, -0.2) is 36.8 Å². The molecule has 0 bridgehead atoms. The van der Waals surface area contributed by atoms with Crippen molar-refractivity contribution in [1.29, 1.82) is 0 Å². The molecule has 7 nitrogen and oxygen atoms in total. The quantitative estimate of drug-likeness (QED) is 0.299. The van der Waals surface area contributed by atoms with Crippen LogP contribution in [0.4, 0.5) is 23.7 Å². The monoisotopic (exact) mass is 596 g/mol. The minimum absolute atomic E-state index is 0.00327. The highest BCUT2D eigenvalue weighted by Crippen LogP contribution is 2.39. The molecule has 0 aliphatic carbocycles. The largest absolute Gasteiger partial charge is 0.329 e. The number of hydrogen-bond acceptors (Lipinski definition) is 6. The van der Waals surface area contributed by atoms with Gasteiger partial charge < -0.3 is 0 Å². The number of hydrogen-bond donors (Lipinski definition) is 1. The molecule has 2 amide bonds. The number of thioether (sulfide) groups is 1. The summed E-state index contributed by atoms with van der Waals surface area (Å²) in [5.41, 5.74) is 2.18. The lowest BCUT2D eigenvalue weighted by Crippen LogP contribution is -2.48. The van der Waals surface area contributed by atoms with Crippen LogP contribution < -0.4 is 10.0 Å². The molecule has 0 spiro atoms. The molecule has 2 N–H and O–H groups in total. The lowest BCUT2D eigenvalue weighted by atomic mass is 10.1. The second kappa shape index (κ2) is 11.3. The Balaban J connectivity index is 1.66. The van der Waals surface area contributed by atoms with Gasteiger partial charge in [0.25, 0.3) is 0 Å². The smallest absolute Gasteiger partial charge is 0.294 e. The van der Waals surface area contributed by atoms with E-state index in [1.54, 1.807) is 47.9 Å². The first kappa shape index (κ1) is 29.1. The number of aromatic nitrogens is 1. The summed E-state index contributed by atoms with van der Waals surface area (Å²) in [5, 5.41) is 5.75. The standard InChI is InChI=1S/C26H27F3N4O3S3/c1-5-15(4)24(37-25(14(2)3)39(30,35)36)33-12-6-11-32(26(33)34)17-9-7-16(8-10-17)23-20-21(29)18(27)13-19(28)22(20)31-38-23/h7-10,13H,5-6,11-12H2,1-4H3,(H2,30,35,36)/b24-15+. The highest BCUT2D eigenvalue weighted by atomic mass is 32.3. The minimum atomic E-state index is -3.99. The molecule has 1 fully saturated rings.